The van der Waals surface area contributed by atoms with Crippen LogP contribution in [0.2, 0.25) is 0 Å². The van der Waals surface area contributed by atoms with Crippen molar-refractivity contribution in [2.75, 3.05) is 13.7 Å². The molecule has 32 heavy (non-hydrogen) atoms. The third kappa shape index (κ3) is 4.06. The quantitative estimate of drug-likeness (QED) is 0.629. The van der Waals surface area contributed by atoms with Gasteiger partial charge in [-0.1, -0.05) is 60.7 Å². The van der Waals surface area contributed by atoms with Gasteiger partial charge in [-0.25, -0.2) is 9.59 Å². The molecule has 1 aliphatic carbocycles. The van der Waals surface area contributed by atoms with Crippen molar-refractivity contribution in [3.8, 4) is 17.2 Å². The Balaban J connectivity index is 1.47. The van der Waals surface area contributed by atoms with Crippen LogP contribution in [-0.2, 0) is 16.0 Å². The molecule has 3 aromatic carbocycles. The molecule has 3 aromatic rings. The number of fused-ring (bicyclic) bond motifs is 3. The van der Waals surface area contributed by atoms with Gasteiger partial charge in [0.1, 0.15) is 12.6 Å². The third-order valence-corrected chi connectivity index (χ3v) is 5.89. The largest absolute Gasteiger partial charge is 0.480 e. The van der Waals surface area contributed by atoms with Crippen LogP contribution in [-0.4, -0.2) is 41.8 Å². The van der Waals surface area contributed by atoms with E-state index >= 15 is 0 Å². The summed E-state index contributed by atoms with van der Waals surface area (Å²) in [6.07, 6.45) is -0.574. The van der Waals surface area contributed by atoms with Gasteiger partial charge in [-0.05, 0) is 39.9 Å². The molecule has 0 aromatic heterocycles. The van der Waals surface area contributed by atoms with Crippen molar-refractivity contribution >= 4 is 12.1 Å². The first kappa shape index (κ1) is 21.1. The topological polar surface area (TPSA) is 90.6 Å². The SMILES string of the molecule is CN(C(=O)OCC1c2ccccc2-c2ccccc21)[C@@H](Cc1ccc(C#N)cc1)C(=O)O. The molecule has 0 spiro atoms. The van der Waals surface area contributed by atoms with E-state index in [0.717, 1.165) is 32.7 Å². The number of ether oxygens (including phenoxy) is 1. The van der Waals surface area contributed by atoms with Crippen molar-refractivity contribution < 1.29 is 19.4 Å². The Kier molecular flexibility index (Phi) is 5.91. The maximum atomic E-state index is 12.8. The van der Waals surface area contributed by atoms with Gasteiger partial charge in [0, 0.05) is 19.4 Å². The highest BCUT2D eigenvalue weighted by Gasteiger charge is 2.32. The maximum Gasteiger partial charge on any atom is 0.410 e. The van der Waals surface area contributed by atoms with Crippen molar-refractivity contribution in [2.24, 2.45) is 0 Å². The van der Waals surface area contributed by atoms with Gasteiger partial charge >= 0.3 is 12.1 Å². The fraction of sp³-hybridized carbons (Fsp3) is 0.192. The fourth-order valence-corrected chi connectivity index (χ4v) is 4.15. The van der Waals surface area contributed by atoms with Crippen LogP contribution in [0.25, 0.3) is 11.1 Å². The minimum atomic E-state index is -1.12. The third-order valence-electron chi connectivity index (χ3n) is 5.89. The highest BCUT2D eigenvalue weighted by molar-refractivity contribution is 5.81. The predicted molar refractivity (Wildman–Crippen MR) is 119 cm³/mol. The van der Waals surface area contributed by atoms with Crippen LogP contribution in [0.15, 0.2) is 72.8 Å². The van der Waals surface area contributed by atoms with E-state index in [1.165, 1.54) is 7.05 Å². The van der Waals surface area contributed by atoms with E-state index in [4.69, 9.17) is 10.00 Å². The molecule has 0 saturated heterocycles. The molecule has 6 heteroatoms. The molecule has 1 N–H and O–H groups in total. The summed E-state index contributed by atoms with van der Waals surface area (Å²) in [6, 6.07) is 23.7. The number of carboxylic acids is 1. The summed E-state index contributed by atoms with van der Waals surface area (Å²) < 4.78 is 5.59. The Morgan fingerprint density at radius 1 is 1.00 bits per heavy atom. The Hall–Kier alpha value is -4.11. The molecule has 0 aliphatic heterocycles. The number of hydrogen-bond acceptors (Lipinski definition) is 4. The van der Waals surface area contributed by atoms with Crippen LogP contribution in [0, 0.1) is 11.3 Å². The van der Waals surface area contributed by atoms with E-state index in [9.17, 15) is 14.7 Å². The lowest BCUT2D eigenvalue weighted by molar-refractivity contribution is -0.142. The summed E-state index contributed by atoms with van der Waals surface area (Å²) in [6.45, 7) is 0.125. The predicted octanol–water partition coefficient (Wildman–Crippen LogP) is 4.43. The minimum Gasteiger partial charge on any atom is -0.480 e. The zero-order valence-corrected chi connectivity index (χ0v) is 17.6. The summed E-state index contributed by atoms with van der Waals surface area (Å²) in [5, 5.41) is 18.6. The number of carbonyl (C=O) groups excluding carboxylic acids is 1. The Morgan fingerprint density at radius 3 is 2.09 bits per heavy atom. The van der Waals surface area contributed by atoms with Crippen LogP contribution in [0.3, 0.4) is 0 Å². The molecule has 0 unspecified atom stereocenters. The van der Waals surface area contributed by atoms with Gasteiger partial charge in [0.05, 0.1) is 11.6 Å². The second-order valence-electron chi connectivity index (χ2n) is 7.78. The van der Waals surface area contributed by atoms with Crippen LogP contribution >= 0.6 is 0 Å². The molecule has 6 nitrogen and oxygen atoms in total. The maximum absolute atomic E-state index is 12.8. The standard InChI is InChI=1S/C26H22N2O4/c1-28(24(25(29)30)14-17-10-12-18(15-27)13-11-17)26(31)32-16-23-21-8-4-2-6-19(21)20-7-3-5-9-22(20)23/h2-13,23-24H,14,16H2,1H3,(H,29,30)/t24-/m0/s1. The van der Waals surface area contributed by atoms with Gasteiger partial charge in [-0.15, -0.1) is 0 Å². The van der Waals surface area contributed by atoms with Crippen molar-refractivity contribution in [3.63, 3.8) is 0 Å². The van der Waals surface area contributed by atoms with E-state index in [2.05, 4.69) is 12.1 Å². The molecule has 160 valence electrons. The number of rotatable bonds is 6. The molecule has 1 aliphatic rings. The van der Waals surface area contributed by atoms with Crippen molar-refractivity contribution in [1.29, 1.82) is 5.26 Å². The van der Waals surface area contributed by atoms with E-state index in [1.54, 1.807) is 24.3 Å². The lowest BCUT2D eigenvalue weighted by Gasteiger charge is -2.25. The van der Waals surface area contributed by atoms with Gasteiger partial charge in [-0.2, -0.15) is 5.26 Å². The lowest BCUT2D eigenvalue weighted by Crippen LogP contribution is -2.44. The molecular weight excluding hydrogens is 404 g/mol. The highest BCUT2D eigenvalue weighted by Crippen LogP contribution is 2.44. The fourth-order valence-electron chi connectivity index (χ4n) is 4.15. The van der Waals surface area contributed by atoms with E-state index in [0.29, 0.717) is 5.56 Å². The molecule has 0 bridgehead atoms. The Morgan fingerprint density at radius 2 is 1.56 bits per heavy atom. The number of benzene rings is 3. The molecule has 4 rings (SSSR count). The number of aliphatic carboxylic acids is 1. The van der Waals surface area contributed by atoms with E-state index in [-0.39, 0.29) is 18.9 Å². The molecule has 0 heterocycles. The van der Waals surface area contributed by atoms with E-state index in [1.807, 2.05) is 42.5 Å². The van der Waals surface area contributed by atoms with Crippen LogP contribution in [0.4, 0.5) is 4.79 Å². The average Bonchev–Trinajstić information content (AvgIpc) is 3.14. The number of carboxylic acid groups (broad SMARTS) is 1. The summed E-state index contributed by atoms with van der Waals surface area (Å²) in [4.78, 5) is 25.7. The van der Waals surface area contributed by atoms with Crippen LogP contribution in [0.1, 0.15) is 28.2 Å². The molecular formula is C26H22N2O4. The second-order valence-corrected chi connectivity index (χ2v) is 7.78. The highest BCUT2D eigenvalue weighted by atomic mass is 16.6. The van der Waals surface area contributed by atoms with Crippen molar-refractivity contribution in [2.45, 2.75) is 18.4 Å². The molecule has 1 amide bonds. The van der Waals surface area contributed by atoms with Crippen molar-refractivity contribution in [1.82, 2.24) is 4.90 Å². The molecule has 1 atom stereocenters. The normalized spacial score (nSPS) is 12.9. The lowest BCUT2D eigenvalue weighted by atomic mass is 9.98. The number of nitrogens with zero attached hydrogens (tertiary/aromatic N) is 2. The van der Waals surface area contributed by atoms with Crippen molar-refractivity contribution in [3.05, 3.63) is 95.1 Å². The average molecular weight is 426 g/mol. The monoisotopic (exact) mass is 426 g/mol. The van der Waals surface area contributed by atoms with E-state index < -0.39 is 18.1 Å². The number of nitriles is 1. The molecule has 0 saturated carbocycles. The van der Waals surface area contributed by atoms with Gasteiger partial charge in [0.2, 0.25) is 0 Å². The van der Waals surface area contributed by atoms with Crippen LogP contribution < -0.4 is 0 Å². The number of carbonyl (C=O) groups is 2. The number of hydrogen-bond donors (Lipinski definition) is 1. The van der Waals surface area contributed by atoms with Gasteiger partial charge in [0.15, 0.2) is 0 Å². The first-order chi connectivity index (χ1) is 15.5. The minimum absolute atomic E-state index is 0.0958. The first-order valence-corrected chi connectivity index (χ1v) is 10.3. The van der Waals surface area contributed by atoms with Gasteiger partial charge in [-0.3, -0.25) is 4.90 Å². The van der Waals surface area contributed by atoms with Gasteiger partial charge < -0.3 is 9.84 Å². The first-order valence-electron chi connectivity index (χ1n) is 10.3. The number of likely N-dealkylation sites (N-methyl/N-ethyl adjacent to an activating group) is 1. The van der Waals surface area contributed by atoms with Gasteiger partial charge in [0.25, 0.3) is 0 Å². The Labute approximate surface area is 186 Å². The number of amides is 1. The van der Waals surface area contributed by atoms with Crippen LogP contribution in [0.5, 0.6) is 0 Å². The Bertz CT molecular complexity index is 1150. The zero-order valence-electron chi connectivity index (χ0n) is 17.6. The second kappa shape index (κ2) is 8.94. The summed E-state index contributed by atoms with van der Waals surface area (Å²) in [5.74, 6) is -1.22. The zero-order chi connectivity index (χ0) is 22.7. The summed E-state index contributed by atoms with van der Waals surface area (Å²) in [7, 11) is 1.43. The molecule has 0 fully saturated rings. The summed E-state index contributed by atoms with van der Waals surface area (Å²) in [5.41, 5.74) is 5.65. The summed E-state index contributed by atoms with van der Waals surface area (Å²) >= 11 is 0. The molecule has 0 radical (unpaired) electrons. The smallest absolute Gasteiger partial charge is 0.410 e.